The minimum atomic E-state index is 0.537. The van der Waals surface area contributed by atoms with Gasteiger partial charge in [-0.25, -0.2) is 4.98 Å². The summed E-state index contributed by atoms with van der Waals surface area (Å²) in [6.07, 6.45) is 6.94. The number of hydrogen-bond donors (Lipinski definition) is 1. The molecule has 0 saturated heterocycles. The van der Waals surface area contributed by atoms with Gasteiger partial charge >= 0.3 is 0 Å². The summed E-state index contributed by atoms with van der Waals surface area (Å²) in [7, 11) is 0. The van der Waals surface area contributed by atoms with Crippen molar-refractivity contribution in [1.82, 2.24) is 4.98 Å². The van der Waals surface area contributed by atoms with E-state index in [0.29, 0.717) is 10.4 Å². The van der Waals surface area contributed by atoms with Crippen molar-refractivity contribution in [2.24, 2.45) is 5.41 Å². The van der Waals surface area contributed by atoms with Gasteiger partial charge in [-0.2, -0.15) is 0 Å². The molecule has 1 aromatic heterocycles. The van der Waals surface area contributed by atoms with E-state index in [0.717, 1.165) is 16.8 Å². The van der Waals surface area contributed by atoms with E-state index in [2.05, 4.69) is 33.2 Å². The maximum absolute atomic E-state index is 5.85. The smallest absolute Gasteiger partial charge is 0.140 e. The molecule has 0 aliphatic heterocycles. The van der Waals surface area contributed by atoms with Crippen LogP contribution in [0.3, 0.4) is 0 Å². The Morgan fingerprint density at radius 2 is 2.31 bits per heavy atom. The topological polar surface area (TPSA) is 24.9 Å². The van der Waals surface area contributed by atoms with Crippen LogP contribution < -0.4 is 5.32 Å². The fourth-order valence-electron chi connectivity index (χ4n) is 2.04. The van der Waals surface area contributed by atoms with Crippen molar-refractivity contribution in [3.8, 4) is 0 Å². The summed E-state index contributed by atoms with van der Waals surface area (Å²) in [6.45, 7) is 3.27. The lowest BCUT2D eigenvalue weighted by Gasteiger charge is -2.16. The van der Waals surface area contributed by atoms with Crippen molar-refractivity contribution in [3.63, 3.8) is 0 Å². The summed E-state index contributed by atoms with van der Waals surface area (Å²) in [6, 6.07) is 1.87. The predicted octanol–water partition coefficient (Wildman–Crippen LogP) is 4.49. The van der Waals surface area contributed by atoms with E-state index < -0.39 is 0 Å². The first kappa shape index (κ1) is 12.2. The third kappa shape index (κ3) is 2.89. The number of nitrogens with one attached hydrogen (secondary N) is 1. The predicted molar refractivity (Wildman–Crippen MR) is 72.0 cm³/mol. The number of anilines is 1. The fourth-order valence-corrected chi connectivity index (χ4v) is 2.82. The maximum atomic E-state index is 5.85. The highest BCUT2D eigenvalue weighted by Crippen LogP contribution is 2.49. The molecule has 1 aliphatic carbocycles. The molecule has 0 amide bonds. The quantitative estimate of drug-likeness (QED) is 0.867. The lowest BCUT2D eigenvalue weighted by atomic mass is 10.0. The summed E-state index contributed by atoms with van der Waals surface area (Å²) in [5.41, 5.74) is 0.537. The third-order valence-corrected chi connectivity index (χ3v) is 3.99. The first-order valence-electron chi connectivity index (χ1n) is 5.70. The van der Waals surface area contributed by atoms with E-state index in [1.54, 1.807) is 6.20 Å². The van der Waals surface area contributed by atoms with Crippen LogP contribution in [0.4, 0.5) is 5.82 Å². The average molecular weight is 304 g/mol. The van der Waals surface area contributed by atoms with Crippen LogP contribution in [0.1, 0.15) is 32.6 Å². The molecule has 0 bridgehead atoms. The molecule has 0 unspecified atom stereocenters. The molecular weight excluding hydrogens is 288 g/mol. The Hall–Kier alpha value is -0.280. The molecule has 0 spiro atoms. The molecule has 88 valence electrons. The largest absolute Gasteiger partial charge is 0.369 e. The van der Waals surface area contributed by atoms with Gasteiger partial charge in [0.2, 0.25) is 0 Å². The van der Waals surface area contributed by atoms with Gasteiger partial charge in [0.25, 0.3) is 0 Å². The second-order valence-electron chi connectivity index (χ2n) is 4.59. The van der Waals surface area contributed by atoms with Crippen molar-refractivity contribution in [1.29, 1.82) is 0 Å². The van der Waals surface area contributed by atoms with Crippen molar-refractivity contribution >= 4 is 33.3 Å². The molecule has 0 aromatic carbocycles. The standard InChI is InChI=1S/C12H16BrClN2/c1-2-3-12(4-5-12)8-16-11-10(13)6-9(14)7-15-11/h6-7H,2-5,8H2,1H3,(H,15,16). The Labute approximate surface area is 110 Å². The second kappa shape index (κ2) is 4.92. The van der Waals surface area contributed by atoms with Gasteiger partial charge in [0.1, 0.15) is 5.82 Å². The van der Waals surface area contributed by atoms with Crippen molar-refractivity contribution < 1.29 is 0 Å². The summed E-state index contributed by atoms with van der Waals surface area (Å²) < 4.78 is 0.937. The second-order valence-corrected chi connectivity index (χ2v) is 5.88. The highest BCUT2D eigenvalue weighted by atomic mass is 79.9. The molecule has 1 fully saturated rings. The van der Waals surface area contributed by atoms with Crippen LogP contribution in [0.2, 0.25) is 5.02 Å². The first-order chi connectivity index (χ1) is 7.65. The molecule has 1 saturated carbocycles. The normalized spacial score (nSPS) is 17.2. The van der Waals surface area contributed by atoms with Crippen LogP contribution in [0.15, 0.2) is 16.7 Å². The van der Waals surface area contributed by atoms with E-state index in [9.17, 15) is 0 Å². The number of rotatable bonds is 5. The minimum absolute atomic E-state index is 0.537. The van der Waals surface area contributed by atoms with Gasteiger partial charge in [-0.15, -0.1) is 0 Å². The number of nitrogens with zero attached hydrogens (tertiary/aromatic N) is 1. The molecule has 1 aromatic rings. The van der Waals surface area contributed by atoms with E-state index >= 15 is 0 Å². The SMILES string of the molecule is CCCC1(CNc2ncc(Cl)cc2Br)CC1. The fraction of sp³-hybridized carbons (Fsp3) is 0.583. The molecule has 1 heterocycles. The Kier molecular flexibility index (Phi) is 3.75. The number of halogens is 2. The van der Waals surface area contributed by atoms with Gasteiger partial charge in [-0.3, -0.25) is 0 Å². The molecule has 4 heteroatoms. The first-order valence-corrected chi connectivity index (χ1v) is 6.87. The van der Waals surface area contributed by atoms with Crippen LogP contribution in [-0.4, -0.2) is 11.5 Å². The number of aromatic nitrogens is 1. The molecule has 0 atom stereocenters. The van der Waals surface area contributed by atoms with Crippen molar-refractivity contribution in [2.45, 2.75) is 32.6 Å². The maximum Gasteiger partial charge on any atom is 0.140 e. The van der Waals surface area contributed by atoms with Crippen molar-refractivity contribution in [3.05, 3.63) is 21.8 Å². The highest BCUT2D eigenvalue weighted by Gasteiger charge is 2.41. The van der Waals surface area contributed by atoms with Gasteiger partial charge in [0.05, 0.1) is 9.50 Å². The Morgan fingerprint density at radius 1 is 1.56 bits per heavy atom. The number of hydrogen-bond acceptors (Lipinski definition) is 2. The average Bonchev–Trinajstić information content (AvgIpc) is 2.98. The van der Waals surface area contributed by atoms with Crippen LogP contribution in [-0.2, 0) is 0 Å². The minimum Gasteiger partial charge on any atom is -0.369 e. The molecule has 2 rings (SSSR count). The lowest BCUT2D eigenvalue weighted by Crippen LogP contribution is -2.16. The zero-order valence-electron chi connectivity index (χ0n) is 9.39. The molecule has 1 aliphatic rings. The molecular formula is C12H16BrClN2. The van der Waals surface area contributed by atoms with E-state index in [1.807, 2.05) is 6.07 Å². The Bertz CT molecular complexity index is 377. The van der Waals surface area contributed by atoms with Crippen LogP contribution >= 0.6 is 27.5 Å². The van der Waals surface area contributed by atoms with Gasteiger partial charge in [-0.1, -0.05) is 24.9 Å². The van der Waals surface area contributed by atoms with Crippen LogP contribution in [0.5, 0.6) is 0 Å². The van der Waals surface area contributed by atoms with E-state index in [1.165, 1.54) is 25.7 Å². The van der Waals surface area contributed by atoms with Crippen molar-refractivity contribution in [2.75, 3.05) is 11.9 Å². The molecule has 16 heavy (non-hydrogen) atoms. The van der Waals surface area contributed by atoms with Crippen LogP contribution in [0, 0.1) is 5.41 Å². The number of pyridine rings is 1. The van der Waals surface area contributed by atoms with E-state index in [4.69, 9.17) is 11.6 Å². The highest BCUT2D eigenvalue weighted by molar-refractivity contribution is 9.10. The zero-order chi connectivity index (χ0) is 11.6. The molecule has 1 N–H and O–H groups in total. The summed E-state index contributed by atoms with van der Waals surface area (Å²) in [5, 5.41) is 4.07. The van der Waals surface area contributed by atoms with Gasteiger partial charge in [0, 0.05) is 12.7 Å². The summed E-state index contributed by atoms with van der Waals surface area (Å²) in [5.74, 6) is 0.895. The Morgan fingerprint density at radius 3 is 2.88 bits per heavy atom. The van der Waals surface area contributed by atoms with E-state index in [-0.39, 0.29) is 0 Å². The third-order valence-electron chi connectivity index (χ3n) is 3.18. The summed E-state index contributed by atoms with van der Waals surface area (Å²) in [4.78, 5) is 4.28. The van der Waals surface area contributed by atoms with Gasteiger partial charge in [0.15, 0.2) is 0 Å². The molecule has 0 radical (unpaired) electrons. The molecule has 2 nitrogen and oxygen atoms in total. The summed E-state index contributed by atoms with van der Waals surface area (Å²) >= 11 is 9.31. The van der Waals surface area contributed by atoms with Gasteiger partial charge in [-0.05, 0) is 46.7 Å². The Balaban J connectivity index is 1.94. The van der Waals surface area contributed by atoms with Gasteiger partial charge < -0.3 is 5.32 Å². The monoisotopic (exact) mass is 302 g/mol. The zero-order valence-corrected chi connectivity index (χ0v) is 11.7. The lowest BCUT2D eigenvalue weighted by molar-refractivity contribution is 0.485. The van der Waals surface area contributed by atoms with Crippen LogP contribution in [0.25, 0.3) is 0 Å².